The number of hydrogen-bond donors (Lipinski definition) is 3. The van der Waals surface area contributed by atoms with E-state index in [0.29, 0.717) is 6.54 Å². The molecule has 0 aromatic heterocycles. The first-order valence-electron chi connectivity index (χ1n) is 5.18. The van der Waals surface area contributed by atoms with Gasteiger partial charge in [0, 0.05) is 12.6 Å². The maximum absolute atomic E-state index is 10.8. The normalized spacial score (nSPS) is 9.53. The molecule has 0 saturated heterocycles. The summed E-state index contributed by atoms with van der Waals surface area (Å²) in [5.74, 6) is 0. The van der Waals surface area contributed by atoms with Gasteiger partial charge in [-0.2, -0.15) is 0 Å². The third-order valence-electron chi connectivity index (χ3n) is 2.04. The minimum Gasteiger partial charge on any atom is -0.362 e. The van der Waals surface area contributed by atoms with E-state index < -0.39 is 15.5 Å². The summed E-state index contributed by atoms with van der Waals surface area (Å²) in [6.07, 6.45) is 0. The second-order valence-corrected chi connectivity index (χ2v) is 3.73. The number of thiocarbonyl (C=S) groups is 1. The molecule has 0 unspecified atom stereocenters. The van der Waals surface area contributed by atoms with E-state index in [4.69, 9.17) is 12.2 Å². The van der Waals surface area contributed by atoms with Crippen molar-refractivity contribution >= 4 is 34.4 Å². The van der Waals surface area contributed by atoms with Crippen molar-refractivity contribution in [3.63, 3.8) is 0 Å². The molecule has 0 atom stereocenters. The summed E-state index contributed by atoms with van der Waals surface area (Å²) in [7, 11) is 0. The summed E-state index contributed by atoms with van der Waals surface area (Å²) in [5.41, 5.74) is 4.38. The lowest BCUT2D eigenvalue weighted by molar-refractivity contribution is -0.393. The van der Waals surface area contributed by atoms with Gasteiger partial charge < -0.3 is 5.32 Å². The Morgan fingerprint density at radius 3 is 2.53 bits per heavy atom. The lowest BCUT2D eigenvalue weighted by Crippen LogP contribution is -2.38. The first kappa shape index (κ1) is 14.6. The molecule has 0 fully saturated rings. The number of nitrogens with zero attached hydrogens (tertiary/aromatic N) is 2. The van der Waals surface area contributed by atoms with Crippen LogP contribution in [0.4, 0.5) is 17.1 Å². The molecule has 1 rings (SSSR count). The van der Waals surface area contributed by atoms with Gasteiger partial charge in [0.2, 0.25) is 0 Å². The van der Waals surface area contributed by atoms with E-state index in [0.717, 1.165) is 12.1 Å². The minimum atomic E-state index is -0.715. The molecule has 0 radical (unpaired) electrons. The molecular formula is C9H11N5O4S. The average Bonchev–Trinajstić information content (AvgIpc) is 2.36. The Hall–Kier alpha value is -2.49. The van der Waals surface area contributed by atoms with Gasteiger partial charge in [-0.1, -0.05) is 0 Å². The van der Waals surface area contributed by atoms with E-state index in [1.807, 2.05) is 6.92 Å². The third-order valence-corrected chi connectivity index (χ3v) is 2.28. The number of anilines is 1. The van der Waals surface area contributed by atoms with Gasteiger partial charge in [-0.25, -0.2) is 0 Å². The zero-order valence-corrected chi connectivity index (χ0v) is 10.7. The minimum absolute atomic E-state index is 0.0795. The van der Waals surface area contributed by atoms with Gasteiger partial charge in [0.1, 0.15) is 5.69 Å². The van der Waals surface area contributed by atoms with Crippen molar-refractivity contribution < 1.29 is 9.85 Å². The quantitative estimate of drug-likeness (QED) is 0.420. The van der Waals surface area contributed by atoms with Crippen LogP contribution in [0.2, 0.25) is 0 Å². The van der Waals surface area contributed by atoms with Gasteiger partial charge in [0.25, 0.3) is 5.69 Å². The summed E-state index contributed by atoms with van der Waals surface area (Å²) < 4.78 is 0. The van der Waals surface area contributed by atoms with Crippen molar-refractivity contribution in [3.05, 3.63) is 38.4 Å². The molecule has 0 amide bonds. The zero-order chi connectivity index (χ0) is 14.4. The second-order valence-electron chi connectivity index (χ2n) is 3.33. The molecule has 1 aromatic rings. The number of nitrogens with one attached hydrogen (secondary N) is 3. The van der Waals surface area contributed by atoms with E-state index in [9.17, 15) is 20.2 Å². The van der Waals surface area contributed by atoms with E-state index >= 15 is 0 Å². The van der Waals surface area contributed by atoms with Gasteiger partial charge in [-0.05, 0) is 25.2 Å². The Morgan fingerprint density at radius 2 is 2.00 bits per heavy atom. The molecular weight excluding hydrogens is 274 g/mol. The van der Waals surface area contributed by atoms with Gasteiger partial charge in [0.15, 0.2) is 5.11 Å². The smallest absolute Gasteiger partial charge is 0.300 e. The van der Waals surface area contributed by atoms with Crippen molar-refractivity contribution in [3.8, 4) is 0 Å². The van der Waals surface area contributed by atoms with Crippen LogP contribution in [0.25, 0.3) is 0 Å². The molecule has 9 nitrogen and oxygen atoms in total. The zero-order valence-electron chi connectivity index (χ0n) is 9.87. The number of hydrogen-bond acceptors (Lipinski definition) is 6. The van der Waals surface area contributed by atoms with Crippen LogP contribution in [-0.2, 0) is 0 Å². The highest BCUT2D eigenvalue weighted by atomic mass is 32.1. The summed E-state index contributed by atoms with van der Waals surface area (Å²) in [6.45, 7) is 2.43. The third kappa shape index (κ3) is 4.03. The molecule has 102 valence electrons. The number of non-ortho nitro benzene ring substituents is 1. The predicted octanol–water partition coefficient (Wildman–Crippen LogP) is 1.31. The molecule has 0 bridgehead atoms. The molecule has 3 N–H and O–H groups in total. The van der Waals surface area contributed by atoms with Gasteiger partial charge in [-0.15, -0.1) is 0 Å². The Balaban J connectivity index is 2.91. The van der Waals surface area contributed by atoms with Crippen LogP contribution in [0.1, 0.15) is 6.92 Å². The highest BCUT2D eigenvalue weighted by Crippen LogP contribution is 2.28. The number of benzene rings is 1. The maximum atomic E-state index is 10.8. The molecule has 10 heteroatoms. The highest BCUT2D eigenvalue weighted by Gasteiger charge is 2.19. The van der Waals surface area contributed by atoms with Gasteiger partial charge in [-0.3, -0.25) is 31.1 Å². The molecule has 0 heterocycles. The summed E-state index contributed by atoms with van der Waals surface area (Å²) in [6, 6.07) is 3.27. The number of nitro benzene ring substituents is 2. The molecule has 1 aromatic carbocycles. The van der Waals surface area contributed by atoms with E-state index in [-0.39, 0.29) is 16.5 Å². The fourth-order valence-corrected chi connectivity index (χ4v) is 1.41. The first-order chi connectivity index (χ1) is 8.95. The van der Waals surface area contributed by atoms with E-state index in [1.165, 1.54) is 6.07 Å². The summed E-state index contributed by atoms with van der Waals surface area (Å²) in [5, 5.41) is 24.4. The number of rotatable bonds is 5. The number of hydrazine groups is 1. The molecule has 0 aliphatic rings. The van der Waals surface area contributed by atoms with Crippen molar-refractivity contribution in [2.24, 2.45) is 0 Å². The highest BCUT2D eigenvalue weighted by molar-refractivity contribution is 7.80. The molecule has 0 spiro atoms. The fourth-order valence-electron chi connectivity index (χ4n) is 1.22. The average molecular weight is 285 g/mol. The molecule has 0 aliphatic heterocycles. The van der Waals surface area contributed by atoms with Crippen LogP contribution in [0.3, 0.4) is 0 Å². The van der Waals surface area contributed by atoms with Crippen molar-refractivity contribution in [1.82, 2.24) is 10.7 Å². The topological polar surface area (TPSA) is 122 Å². The Morgan fingerprint density at radius 1 is 1.32 bits per heavy atom. The van der Waals surface area contributed by atoms with Crippen LogP contribution >= 0.6 is 12.2 Å². The van der Waals surface area contributed by atoms with Crippen LogP contribution in [0.5, 0.6) is 0 Å². The Labute approximate surface area is 113 Å². The SMILES string of the molecule is CCNC(=S)NNc1ccc([N+](=O)[O-])cc1[N+](=O)[O-]. The monoisotopic (exact) mass is 285 g/mol. The summed E-state index contributed by atoms with van der Waals surface area (Å²) in [4.78, 5) is 20.0. The lowest BCUT2D eigenvalue weighted by Gasteiger charge is -2.11. The van der Waals surface area contributed by atoms with E-state index in [2.05, 4.69) is 16.2 Å². The fraction of sp³-hybridized carbons (Fsp3) is 0.222. The Bertz CT molecular complexity index is 521. The van der Waals surface area contributed by atoms with Gasteiger partial charge in [0.05, 0.1) is 15.9 Å². The van der Waals surface area contributed by atoms with E-state index in [1.54, 1.807) is 0 Å². The molecule has 0 aliphatic carbocycles. The van der Waals surface area contributed by atoms with Crippen LogP contribution < -0.4 is 16.2 Å². The van der Waals surface area contributed by atoms with Crippen molar-refractivity contribution in [2.75, 3.05) is 12.0 Å². The first-order valence-corrected chi connectivity index (χ1v) is 5.59. The number of nitro groups is 2. The summed E-state index contributed by atoms with van der Waals surface area (Å²) >= 11 is 4.87. The van der Waals surface area contributed by atoms with Crippen molar-refractivity contribution in [2.45, 2.75) is 6.92 Å². The largest absolute Gasteiger partial charge is 0.362 e. The molecule has 0 saturated carbocycles. The van der Waals surface area contributed by atoms with Crippen LogP contribution in [0.15, 0.2) is 18.2 Å². The van der Waals surface area contributed by atoms with Crippen LogP contribution in [-0.4, -0.2) is 21.5 Å². The van der Waals surface area contributed by atoms with Crippen molar-refractivity contribution in [1.29, 1.82) is 0 Å². The predicted molar refractivity (Wildman–Crippen MR) is 72.8 cm³/mol. The standard InChI is InChI=1S/C9H11N5O4S/c1-2-10-9(19)12-11-7-4-3-6(13(15)16)5-8(7)14(17)18/h3-5,11H,2H2,1H3,(H2,10,12,19). The molecule has 19 heavy (non-hydrogen) atoms. The Kier molecular flexibility index (Phi) is 4.94. The maximum Gasteiger partial charge on any atom is 0.300 e. The second kappa shape index (κ2) is 6.44. The lowest BCUT2D eigenvalue weighted by atomic mass is 10.2. The van der Waals surface area contributed by atoms with Crippen LogP contribution in [0, 0.1) is 20.2 Å². The van der Waals surface area contributed by atoms with Gasteiger partial charge >= 0.3 is 5.69 Å².